The van der Waals surface area contributed by atoms with Gasteiger partial charge in [0.2, 0.25) is 0 Å². The first-order valence-electron chi connectivity index (χ1n) is 8.54. The Labute approximate surface area is 150 Å². The van der Waals surface area contributed by atoms with Gasteiger partial charge < -0.3 is 28.2 Å². The average molecular weight is 353 g/mol. The second kappa shape index (κ2) is 25.4. The standard InChI is InChI=1S/C16H36N.2CN.Ni/c1-5-9-13-17(14-10-6-2,15-11-7-3)16-12-8-4;2*1-2;/h5-16H2,1-4H3;;;/q+1;2*-1;+2. The molecule has 0 aromatic rings. The van der Waals surface area contributed by atoms with Crippen LogP contribution >= 0.6 is 0 Å². The topological polar surface area (TPSA) is 47.6 Å². The molecule has 0 saturated carbocycles. The molecule has 22 heavy (non-hydrogen) atoms. The summed E-state index contributed by atoms with van der Waals surface area (Å²) in [4.78, 5) is 0. The molecule has 0 saturated heterocycles. The van der Waals surface area contributed by atoms with Crippen molar-refractivity contribution in [1.82, 2.24) is 0 Å². The second-order valence-electron chi connectivity index (χ2n) is 5.65. The van der Waals surface area contributed by atoms with E-state index in [1.807, 2.05) is 0 Å². The van der Waals surface area contributed by atoms with Crippen LogP contribution in [0.3, 0.4) is 0 Å². The number of hydrogen-bond donors (Lipinski definition) is 0. The van der Waals surface area contributed by atoms with Crippen LogP contribution in [0.4, 0.5) is 0 Å². The van der Waals surface area contributed by atoms with E-state index in [0.29, 0.717) is 0 Å². The number of unbranched alkanes of at least 4 members (excludes halogenated alkanes) is 4. The van der Waals surface area contributed by atoms with E-state index in [2.05, 4.69) is 27.7 Å². The van der Waals surface area contributed by atoms with Crippen molar-refractivity contribution in [2.24, 2.45) is 0 Å². The number of hydrogen-bond acceptors (Lipinski definition) is 2. The van der Waals surface area contributed by atoms with Crippen molar-refractivity contribution >= 4 is 0 Å². The van der Waals surface area contributed by atoms with Crippen molar-refractivity contribution in [3.05, 3.63) is 13.1 Å². The molecule has 0 bridgehead atoms. The summed E-state index contributed by atoms with van der Waals surface area (Å²) in [5, 5.41) is 12.5. The minimum Gasteiger partial charge on any atom is -0.512 e. The van der Waals surface area contributed by atoms with Gasteiger partial charge in [0.25, 0.3) is 0 Å². The molecule has 0 atom stereocenters. The Balaban J connectivity index is -0.000000297. The van der Waals surface area contributed by atoms with Crippen LogP contribution in [0, 0.1) is 23.7 Å². The molecular weight excluding hydrogens is 317 g/mol. The van der Waals surface area contributed by atoms with Crippen molar-refractivity contribution < 1.29 is 21.0 Å². The third kappa shape index (κ3) is 17.5. The van der Waals surface area contributed by atoms with E-state index in [1.165, 1.54) is 82.0 Å². The third-order valence-electron chi connectivity index (χ3n) is 3.94. The van der Waals surface area contributed by atoms with Crippen LogP contribution in [-0.2, 0) is 16.5 Å². The maximum Gasteiger partial charge on any atom is 2.00 e. The summed E-state index contributed by atoms with van der Waals surface area (Å²) < 4.78 is 1.42. The fourth-order valence-electron chi connectivity index (χ4n) is 2.64. The van der Waals surface area contributed by atoms with Crippen LogP contribution in [0.5, 0.6) is 0 Å². The molecule has 0 fully saturated rings. The van der Waals surface area contributed by atoms with E-state index < -0.39 is 0 Å². The van der Waals surface area contributed by atoms with E-state index in [4.69, 9.17) is 23.7 Å². The van der Waals surface area contributed by atoms with Crippen LogP contribution < -0.4 is 0 Å². The van der Waals surface area contributed by atoms with Gasteiger partial charge in [0.1, 0.15) is 0 Å². The van der Waals surface area contributed by atoms with Crippen LogP contribution in [0.25, 0.3) is 0 Å². The van der Waals surface area contributed by atoms with Crippen molar-refractivity contribution in [1.29, 1.82) is 10.5 Å². The summed E-state index contributed by atoms with van der Waals surface area (Å²) in [7, 11) is 0. The Kier molecular flexibility index (Phi) is 34.0. The zero-order chi connectivity index (χ0) is 17.0. The molecule has 0 N–H and O–H groups in total. The Morgan fingerprint density at radius 1 is 0.545 bits per heavy atom. The second-order valence-corrected chi connectivity index (χ2v) is 5.65. The van der Waals surface area contributed by atoms with Crippen LogP contribution in [-0.4, -0.2) is 30.7 Å². The monoisotopic (exact) mass is 352 g/mol. The van der Waals surface area contributed by atoms with Crippen molar-refractivity contribution in [3.8, 4) is 0 Å². The summed E-state index contributed by atoms with van der Waals surface area (Å²) in [6, 6.07) is 0. The summed E-state index contributed by atoms with van der Waals surface area (Å²) in [5.74, 6) is 0. The van der Waals surface area contributed by atoms with Gasteiger partial charge in [-0.1, -0.05) is 53.4 Å². The van der Waals surface area contributed by atoms with Crippen LogP contribution in [0.2, 0.25) is 0 Å². The van der Waals surface area contributed by atoms with Gasteiger partial charge in [-0.2, -0.15) is 0 Å². The molecule has 0 aromatic heterocycles. The largest absolute Gasteiger partial charge is 2.00 e. The fraction of sp³-hybridized carbons (Fsp3) is 0.889. The Hall–Kier alpha value is -0.566. The molecule has 0 aliphatic carbocycles. The molecule has 4 heteroatoms. The average Bonchev–Trinajstić information content (AvgIpc) is 2.57. The molecule has 3 nitrogen and oxygen atoms in total. The van der Waals surface area contributed by atoms with Crippen LogP contribution in [0.15, 0.2) is 0 Å². The van der Waals surface area contributed by atoms with Gasteiger partial charge in [-0.3, -0.25) is 0 Å². The minimum atomic E-state index is 0. The van der Waals surface area contributed by atoms with Gasteiger partial charge in [-0.15, -0.1) is 0 Å². The van der Waals surface area contributed by atoms with Gasteiger partial charge in [0.15, 0.2) is 0 Å². The number of rotatable bonds is 12. The first kappa shape index (κ1) is 29.4. The summed E-state index contributed by atoms with van der Waals surface area (Å²) in [5.41, 5.74) is 0. The Morgan fingerprint density at radius 3 is 0.864 bits per heavy atom. The van der Waals surface area contributed by atoms with E-state index in [9.17, 15) is 0 Å². The van der Waals surface area contributed by atoms with Gasteiger partial charge >= 0.3 is 16.5 Å². The number of nitrogens with zero attached hydrogens (tertiary/aromatic N) is 3. The molecular formula is C18H36N3Ni+. The smallest absolute Gasteiger partial charge is 0.512 e. The molecule has 132 valence electrons. The summed E-state index contributed by atoms with van der Waals surface area (Å²) in [6.07, 6.45) is 11.1. The van der Waals surface area contributed by atoms with E-state index in [-0.39, 0.29) is 16.5 Å². The maximum atomic E-state index is 6.25. The van der Waals surface area contributed by atoms with Gasteiger partial charge in [-0.25, -0.2) is 0 Å². The molecule has 0 amide bonds. The van der Waals surface area contributed by atoms with Gasteiger partial charge in [-0.05, 0) is 25.7 Å². The molecule has 0 aliphatic heterocycles. The van der Waals surface area contributed by atoms with E-state index in [0.717, 1.165) is 0 Å². The van der Waals surface area contributed by atoms with E-state index >= 15 is 0 Å². The zero-order valence-corrected chi connectivity index (χ0v) is 16.1. The first-order chi connectivity index (χ1) is 10.2. The number of quaternary nitrogens is 1. The summed E-state index contributed by atoms with van der Waals surface area (Å²) in [6.45, 7) is 24.5. The minimum absolute atomic E-state index is 0. The SMILES string of the molecule is CCCC[N+](CCCC)(CCCC)CCCC.[C-]#N.[C-]#N.[Ni+2]. The Morgan fingerprint density at radius 2 is 0.727 bits per heavy atom. The van der Waals surface area contributed by atoms with Gasteiger partial charge in [0, 0.05) is 0 Å². The van der Waals surface area contributed by atoms with Crippen molar-refractivity contribution in [2.45, 2.75) is 79.1 Å². The van der Waals surface area contributed by atoms with E-state index in [1.54, 1.807) is 0 Å². The first-order valence-corrected chi connectivity index (χ1v) is 8.54. The molecule has 0 aliphatic rings. The molecule has 0 rings (SSSR count). The quantitative estimate of drug-likeness (QED) is 0.275. The molecule has 0 aromatic carbocycles. The fourth-order valence-corrected chi connectivity index (χ4v) is 2.64. The van der Waals surface area contributed by atoms with Crippen LogP contribution in [0.1, 0.15) is 79.1 Å². The Bertz CT molecular complexity index is 183. The maximum absolute atomic E-state index is 6.25. The molecule has 0 unspecified atom stereocenters. The molecule has 0 heterocycles. The zero-order valence-electron chi connectivity index (χ0n) is 15.1. The summed E-state index contributed by atoms with van der Waals surface area (Å²) >= 11 is 0. The van der Waals surface area contributed by atoms with Crippen molar-refractivity contribution in [3.63, 3.8) is 0 Å². The predicted molar refractivity (Wildman–Crippen MR) is 89.3 cm³/mol. The van der Waals surface area contributed by atoms with Gasteiger partial charge in [0.05, 0.1) is 26.2 Å². The third-order valence-corrected chi connectivity index (χ3v) is 3.94. The molecule has 0 spiro atoms. The predicted octanol–water partition coefficient (Wildman–Crippen LogP) is 5.19. The van der Waals surface area contributed by atoms with Crippen molar-refractivity contribution in [2.75, 3.05) is 26.2 Å². The normalized spacial score (nSPS) is 9.45. The molecule has 0 radical (unpaired) electrons.